The molecule has 0 fully saturated rings. The van der Waals surface area contributed by atoms with Crippen molar-refractivity contribution in [3.63, 3.8) is 0 Å². The van der Waals surface area contributed by atoms with Crippen LogP contribution in [0.1, 0.15) is 48.1 Å². The Morgan fingerprint density at radius 3 is 2.64 bits per heavy atom. The molecule has 3 aromatic heterocycles. The highest BCUT2D eigenvalue weighted by Gasteiger charge is 2.19. The number of nitrogens with zero attached hydrogens (tertiary/aromatic N) is 5. The van der Waals surface area contributed by atoms with Crippen molar-refractivity contribution in [2.45, 2.75) is 47.1 Å². The van der Waals surface area contributed by atoms with E-state index in [9.17, 15) is 0 Å². The topological polar surface area (TPSA) is 81.1 Å². The Hall–Kier alpha value is -2.44. The number of hydrogen-bond donors (Lipinski definition) is 1. The highest BCUT2D eigenvalue weighted by Crippen LogP contribution is 2.24. The minimum atomic E-state index is -0.0592. The minimum absolute atomic E-state index is 0.0592. The molecular weight excluding hydrogens is 280 g/mol. The van der Waals surface area contributed by atoms with Gasteiger partial charge in [0.15, 0.2) is 11.5 Å². The van der Waals surface area contributed by atoms with Gasteiger partial charge in [0.1, 0.15) is 11.9 Å². The van der Waals surface area contributed by atoms with Gasteiger partial charge in [-0.2, -0.15) is 14.6 Å². The Labute approximate surface area is 128 Å². The molecule has 0 aliphatic carbocycles. The molecular formula is C15H20N6O. The highest BCUT2D eigenvalue weighted by molar-refractivity contribution is 5.56. The van der Waals surface area contributed by atoms with E-state index in [1.165, 1.54) is 0 Å². The molecule has 116 valence electrons. The van der Waals surface area contributed by atoms with Crippen molar-refractivity contribution in [1.29, 1.82) is 0 Å². The molecule has 7 heteroatoms. The lowest BCUT2D eigenvalue weighted by Crippen LogP contribution is -2.14. The zero-order valence-corrected chi connectivity index (χ0v) is 13.5. The van der Waals surface area contributed by atoms with Gasteiger partial charge in [0.05, 0.1) is 5.69 Å². The first-order chi connectivity index (χ1) is 10.5. The summed E-state index contributed by atoms with van der Waals surface area (Å²) in [5.41, 5.74) is 3.88. The number of rotatable bonds is 4. The molecule has 22 heavy (non-hydrogen) atoms. The molecule has 0 aromatic carbocycles. The van der Waals surface area contributed by atoms with Gasteiger partial charge in [0, 0.05) is 17.3 Å². The maximum absolute atomic E-state index is 5.29. The normalized spacial score (nSPS) is 12.8. The third-order valence-corrected chi connectivity index (χ3v) is 3.76. The Balaban J connectivity index is 2.04. The summed E-state index contributed by atoms with van der Waals surface area (Å²) in [6.45, 7) is 9.88. The van der Waals surface area contributed by atoms with Crippen LogP contribution in [-0.2, 0) is 0 Å². The molecule has 0 aliphatic rings. The van der Waals surface area contributed by atoms with Crippen molar-refractivity contribution in [1.82, 2.24) is 24.7 Å². The molecule has 1 atom stereocenters. The number of aryl methyl sites for hydroxylation is 4. The zero-order valence-electron chi connectivity index (χ0n) is 13.5. The van der Waals surface area contributed by atoms with E-state index >= 15 is 0 Å². The van der Waals surface area contributed by atoms with Gasteiger partial charge in [0.25, 0.3) is 0 Å². The number of hydrogen-bond acceptors (Lipinski definition) is 6. The average Bonchev–Trinajstić information content (AvgIpc) is 3.02. The Morgan fingerprint density at radius 2 is 2.00 bits per heavy atom. The van der Waals surface area contributed by atoms with Gasteiger partial charge in [-0.1, -0.05) is 12.1 Å². The van der Waals surface area contributed by atoms with Crippen LogP contribution in [0.5, 0.6) is 0 Å². The summed E-state index contributed by atoms with van der Waals surface area (Å²) in [6.07, 6.45) is 0.823. The molecule has 0 unspecified atom stereocenters. The Morgan fingerprint density at radius 1 is 1.23 bits per heavy atom. The highest BCUT2D eigenvalue weighted by atomic mass is 16.5. The van der Waals surface area contributed by atoms with E-state index < -0.39 is 0 Å². The van der Waals surface area contributed by atoms with Crippen LogP contribution < -0.4 is 5.32 Å². The van der Waals surface area contributed by atoms with Crippen molar-refractivity contribution in [3.8, 4) is 0 Å². The molecule has 0 amide bonds. The maximum atomic E-state index is 5.29. The van der Waals surface area contributed by atoms with E-state index in [1.54, 1.807) is 0 Å². The van der Waals surface area contributed by atoms with E-state index in [1.807, 2.05) is 38.3 Å². The van der Waals surface area contributed by atoms with E-state index in [0.29, 0.717) is 11.7 Å². The van der Waals surface area contributed by atoms with Crippen LogP contribution in [0.3, 0.4) is 0 Å². The number of fused-ring (bicyclic) bond motifs is 1. The first kappa shape index (κ1) is 14.5. The van der Waals surface area contributed by atoms with Gasteiger partial charge in [-0.05, 0) is 34.1 Å². The predicted molar refractivity (Wildman–Crippen MR) is 82.9 cm³/mol. The van der Waals surface area contributed by atoms with Crippen LogP contribution in [0.15, 0.2) is 10.6 Å². The molecule has 0 aliphatic heterocycles. The molecule has 0 radical (unpaired) electrons. The molecule has 0 saturated heterocycles. The monoisotopic (exact) mass is 300 g/mol. The van der Waals surface area contributed by atoms with E-state index in [4.69, 9.17) is 4.52 Å². The van der Waals surface area contributed by atoms with Crippen molar-refractivity contribution in [3.05, 3.63) is 34.7 Å². The third-order valence-electron chi connectivity index (χ3n) is 3.76. The third kappa shape index (κ3) is 2.43. The number of aromatic nitrogens is 5. The molecule has 1 N–H and O–H groups in total. The quantitative estimate of drug-likeness (QED) is 0.798. The van der Waals surface area contributed by atoms with Gasteiger partial charge in [-0.3, -0.25) is 0 Å². The van der Waals surface area contributed by atoms with Crippen LogP contribution in [0, 0.1) is 27.7 Å². The van der Waals surface area contributed by atoms with E-state index in [2.05, 4.69) is 32.5 Å². The van der Waals surface area contributed by atoms with Crippen LogP contribution in [0.2, 0.25) is 0 Å². The first-order valence-corrected chi connectivity index (χ1v) is 7.40. The summed E-state index contributed by atoms with van der Waals surface area (Å²) in [4.78, 5) is 8.89. The summed E-state index contributed by atoms with van der Waals surface area (Å²) < 4.78 is 7.13. The summed E-state index contributed by atoms with van der Waals surface area (Å²) in [5.74, 6) is 2.10. The lowest BCUT2D eigenvalue weighted by atomic mass is 10.2. The van der Waals surface area contributed by atoms with Crippen molar-refractivity contribution >= 4 is 11.5 Å². The van der Waals surface area contributed by atoms with Crippen LogP contribution >= 0.6 is 0 Å². The second-order valence-electron chi connectivity index (χ2n) is 5.51. The maximum Gasteiger partial charge on any atom is 0.249 e. The molecule has 0 spiro atoms. The van der Waals surface area contributed by atoms with Gasteiger partial charge in [0.2, 0.25) is 5.89 Å². The van der Waals surface area contributed by atoms with E-state index in [0.717, 1.165) is 34.8 Å². The lowest BCUT2D eigenvalue weighted by molar-refractivity contribution is 0.356. The van der Waals surface area contributed by atoms with Crippen LogP contribution in [-0.4, -0.2) is 24.7 Å². The molecule has 0 bridgehead atoms. The second kappa shape index (κ2) is 5.40. The summed E-state index contributed by atoms with van der Waals surface area (Å²) in [7, 11) is 0. The van der Waals surface area contributed by atoms with Crippen LogP contribution in [0.4, 0.5) is 5.82 Å². The molecule has 3 heterocycles. The van der Waals surface area contributed by atoms with Crippen molar-refractivity contribution < 1.29 is 4.52 Å². The lowest BCUT2D eigenvalue weighted by Gasteiger charge is -2.15. The van der Waals surface area contributed by atoms with Gasteiger partial charge in [-0.25, -0.2) is 4.98 Å². The van der Waals surface area contributed by atoms with Crippen LogP contribution in [0.25, 0.3) is 5.65 Å². The summed E-state index contributed by atoms with van der Waals surface area (Å²) >= 11 is 0. The summed E-state index contributed by atoms with van der Waals surface area (Å²) in [6, 6.07) is 1.92. The fourth-order valence-electron chi connectivity index (χ4n) is 2.42. The molecule has 7 nitrogen and oxygen atoms in total. The van der Waals surface area contributed by atoms with E-state index in [-0.39, 0.29) is 6.04 Å². The fraction of sp³-hybridized carbons (Fsp3) is 0.467. The summed E-state index contributed by atoms with van der Waals surface area (Å²) in [5, 5.41) is 11.9. The molecule has 3 aromatic rings. The SMILES string of the molecule is CC[C@H](Nc1cc(C)nc2c(C)c(C)nn12)c1nc(C)no1. The average molecular weight is 300 g/mol. The molecule has 3 rings (SSSR count). The second-order valence-corrected chi connectivity index (χ2v) is 5.51. The largest absolute Gasteiger partial charge is 0.358 e. The number of anilines is 1. The van der Waals surface area contributed by atoms with Gasteiger partial charge >= 0.3 is 0 Å². The van der Waals surface area contributed by atoms with Crippen molar-refractivity contribution in [2.75, 3.05) is 5.32 Å². The zero-order chi connectivity index (χ0) is 15.9. The first-order valence-electron chi connectivity index (χ1n) is 7.40. The Bertz CT molecular complexity index is 819. The standard InChI is InChI=1S/C15H20N6O/c1-6-12(15-17-11(5)20-22-15)18-13-7-8(2)16-14-9(3)10(4)19-21(13)14/h7,12,18H,6H2,1-5H3/t12-/m0/s1. The fourth-order valence-corrected chi connectivity index (χ4v) is 2.42. The van der Waals surface area contributed by atoms with Gasteiger partial charge in [-0.15, -0.1) is 0 Å². The molecule has 0 saturated carbocycles. The van der Waals surface area contributed by atoms with Crippen molar-refractivity contribution in [2.24, 2.45) is 0 Å². The predicted octanol–water partition coefficient (Wildman–Crippen LogP) is 2.91. The minimum Gasteiger partial charge on any atom is -0.358 e. The smallest absolute Gasteiger partial charge is 0.249 e. The number of nitrogens with one attached hydrogen (secondary N) is 1. The van der Waals surface area contributed by atoms with Gasteiger partial charge < -0.3 is 9.84 Å². The Kier molecular flexibility index (Phi) is 3.56.